The molecule has 1 spiro atoms. The number of epoxide rings is 1. The van der Waals surface area contributed by atoms with Crippen molar-refractivity contribution in [1.29, 1.82) is 0 Å². The average molecular weight is 124 g/mol. The molecule has 1 heteroatoms. The lowest BCUT2D eigenvalue weighted by Gasteiger charge is -2.04. The van der Waals surface area contributed by atoms with Gasteiger partial charge in [-0.3, -0.25) is 0 Å². The van der Waals surface area contributed by atoms with Gasteiger partial charge in [0.05, 0.1) is 12.2 Å². The molecule has 9 heavy (non-hydrogen) atoms. The number of hydrogen-bond acceptors (Lipinski definition) is 1. The average Bonchev–Trinajstić information content (AvgIpc) is 2.64. The van der Waals surface area contributed by atoms with Crippen LogP contribution in [0.3, 0.4) is 0 Å². The highest BCUT2D eigenvalue weighted by atomic mass is 16.6. The molecule has 0 unspecified atom stereocenters. The zero-order valence-electron chi connectivity index (χ0n) is 5.60. The molecule has 1 aliphatic carbocycles. The SMILES string of the molecule is C1=CCCC2(CC1)CO2. The maximum Gasteiger partial charge on any atom is 0.0922 e. The first kappa shape index (κ1) is 5.48. The first-order valence-corrected chi connectivity index (χ1v) is 3.70. The fourth-order valence-electron chi connectivity index (χ4n) is 1.44. The third kappa shape index (κ3) is 1.01. The maximum absolute atomic E-state index is 5.38. The van der Waals surface area contributed by atoms with Crippen molar-refractivity contribution >= 4 is 0 Å². The normalized spacial score (nSPS) is 30.2. The molecule has 0 N–H and O–H groups in total. The molecule has 0 saturated carbocycles. The fourth-order valence-corrected chi connectivity index (χ4v) is 1.44. The van der Waals surface area contributed by atoms with Crippen molar-refractivity contribution < 1.29 is 4.74 Å². The summed E-state index contributed by atoms with van der Waals surface area (Å²) in [7, 11) is 0. The Hall–Kier alpha value is -0.300. The van der Waals surface area contributed by atoms with Crippen LogP contribution in [0.2, 0.25) is 0 Å². The summed E-state index contributed by atoms with van der Waals surface area (Å²) in [5.74, 6) is 0. The van der Waals surface area contributed by atoms with E-state index in [1.165, 1.54) is 25.7 Å². The van der Waals surface area contributed by atoms with E-state index in [1.54, 1.807) is 0 Å². The van der Waals surface area contributed by atoms with Crippen LogP contribution >= 0.6 is 0 Å². The zero-order valence-corrected chi connectivity index (χ0v) is 5.60. The van der Waals surface area contributed by atoms with E-state index in [2.05, 4.69) is 12.2 Å². The lowest BCUT2D eigenvalue weighted by Crippen LogP contribution is -2.07. The first-order chi connectivity index (χ1) is 4.41. The highest BCUT2D eigenvalue weighted by Gasteiger charge is 2.43. The minimum atomic E-state index is 0.351. The second kappa shape index (κ2) is 1.84. The second-order valence-corrected chi connectivity index (χ2v) is 3.02. The van der Waals surface area contributed by atoms with Gasteiger partial charge < -0.3 is 4.74 Å². The Labute approximate surface area is 55.7 Å². The Morgan fingerprint density at radius 2 is 1.67 bits per heavy atom. The standard InChI is InChI=1S/C8H12O/c1-2-4-6-8(5-3-1)7-9-8/h1-2H,3-7H2. The molecule has 1 fully saturated rings. The Bertz CT molecular complexity index is 122. The van der Waals surface area contributed by atoms with Gasteiger partial charge in [-0.2, -0.15) is 0 Å². The molecule has 0 atom stereocenters. The van der Waals surface area contributed by atoms with Crippen LogP contribution in [-0.4, -0.2) is 12.2 Å². The number of allylic oxidation sites excluding steroid dienone is 2. The smallest absolute Gasteiger partial charge is 0.0922 e. The zero-order chi connectivity index (χ0) is 6.16. The summed E-state index contributed by atoms with van der Waals surface area (Å²) in [4.78, 5) is 0. The molecule has 0 bridgehead atoms. The van der Waals surface area contributed by atoms with Crippen LogP contribution in [0.1, 0.15) is 25.7 Å². The van der Waals surface area contributed by atoms with Crippen LogP contribution < -0.4 is 0 Å². The summed E-state index contributed by atoms with van der Waals surface area (Å²) in [6, 6.07) is 0. The molecule has 0 radical (unpaired) electrons. The van der Waals surface area contributed by atoms with Gasteiger partial charge in [-0.25, -0.2) is 0 Å². The highest BCUT2D eigenvalue weighted by Crippen LogP contribution is 2.38. The molecule has 1 aliphatic heterocycles. The number of rotatable bonds is 0. The predicted molar refractivity (Wildman–Crippen MR) is 36.3 cm³/mol. The van der Waals surface area contributed by atoms with Gasteiger partial charge in [-0.15, -0.1) is 0 Å². The van der Waals surface area contributed by atoms with Gasteiger partial charge >= 0.3 is 0 Å². The minimum absolute atomic E-state index is 0.351. The van der Waals surface area contributed by atoms with Gasteiger partial charge in [0.15, 0.2) is 0 Å². The van der Waals surface area contributed by atoms with Crippen molar-refractivity contribution in [3.63, 3.8) is 0 Å². The molecule has 2 aliphatic rings. The Morgan fingerprint density at radius 1 is 1.11 bits per heavy atom. The maximum atomic E-state index is 5.38. The van der Waals surface area contributed by atoms with E-state index < -0.39 is 0 Å². The molecule has 50 valence electrons. The van der Waals surface area contributed by atoms with E-state index in [-0.39, 0.29) is 0 Å². The topological polar surface area (TPSA) is 12.5 Å². The van der Waals surface area contributed by atoms with E-state index in [9.17, 15) is 0 Å². The van der Waals surface area contributed by atoms with Crippen LogP contribution in [0, 0.1) is 0 Å². The van der Waals surface area contributed by atoms with Crippen LogP contribution in [0.15, 0.2) is 12.2 Å². The van der Waals surface area contributed by atoms with Gasteiger partial charge in [0.2, 0.25) is 0 Å². The Balaban J connectivity index is 1.98. The van der Waals surface area contributed by atoms with Gasteiger partial charge in [0.25, 0.3) is 0 Å². The summed E-state index contributed by atoms with van der Waals surface area (Å²) in [6.45, 7) is 1.02. The lowest BCUT2D eigenvalue weighted by atomic mass is 10.0. The molecular formula is C8H12O. The number of ether oxygens (including phenoxy) is 1. The van der Waals surface area contributed by atoms with E-state index >= 15 is 0 Å². The van der Waals surface area contributed by atoms with Crippen molar-refractivity contribution in [2.75, 3.05) is 6.61 Å². The van der Waals surface area contributed by atoms with Crippen molar-refractivity contribution in [2.24, 2.45) is 0 Å². The molecule has 2 rings (SSSR count). The van der Waals surface area contributed by atoms with Crippen molar-refractivity contribution in [3.05, 3.63) is 12.2 Å². The molecule has 1 heterocycles. The molecular weight excluding hydrogens is 112 g/mol. The molecule has 0 aromatic heterocycles. The molecule has 1 saturated heterocycles. The van der Waals surface area contributed by atoms with Gasteiger partial charge in [0, 0.05) is 0 Å². The second-order valence-electron chi connectivity index (χ2n) is 3.02. The number of hydrogen-bond donors (Lipinski definition) is 0. The summed E-state index contributed by atoms with van der Waals surface area (Å²) < 4.78 is 5.38. The van der Waals surface area contributed by atoms with Crippen LogP contribution in [0.5, 0.6) is 0 Å². The fraction of sp³-hybridized carbons (Fsp3) is 0.750. The monoisotopic (exact) mass is 124 g/mol. The summed E-state index contributed by atoms with van der Waals surface area (Å²) >= 11 is 0. The van der Waals surface area contributed by atoms with E-state index in [1.807, 2.05) is 0 Å². The van der Waals surface area contributed by atoms with Crippen molar-refractivity contribution in [3.8, 4) is 0 Å². The van der Waals surface area contributed by atoms with Gasteiger partial charge in [-0.05, 0) is 25.7 Å². The molecule has 0 aromatic rings. The first-order valence-electron chi connectivity index (χ1n) is 3.70. The largest absolute Gasteiger partial charge is 0.370 e. The Morgan fingerprint density at radius 3 is 2.11 bits per heavy atom. The molecule has 1 nitrogen and oxygen atoms in total. The summed E-state index contributed by atoms with van der Waals surface area (Å²) in [6.07, 6.45) is 9.50. The third-order valence-corrected chi connectivity index (χ3v) is 2.25. The molecule has 0 aromatic carbocycles. The van der Waals surface area contributed by atoms with Crippen molar-refractivity contribution in [2.45, 2.75) is 31.3 Å². The third-order valence-electron chi connectivity index (χ3n) is 2.25. The summed E-state index contributed by atoms with van der Waals surface area (Å²) in [5.41, 5.74) is 0.351. The van der Waals surface area contributed by atoms with Crippen LogP contribution in [-0.2, 0) is 4.74 Å². The Kier molecular flexibility index (Phi) is 1.12. The van der Waals surface area contributed by atoms with Gasteiger partial charge in [-0.1, -0.05) is 12.2 Å². The van der Waals surface area contributed by atoms with E-state index in [0.29, 0.717) is 5.60 Å². The highest BCUT2D eigenvalue weighted by molar-refractivity contribution is 5.00. The van der Waals surface area contributed by atoms with E-state index in [4.69, 9.17) is 4.74 Å². The lowest BCUT2D eigenvalue weighted by molar-refractivity contribution is 0.280. The van der Waals surface area contributed by atoms with E-state index in [0.717, 1.165) is 6.61 Å². The van der Waals surface area contributed by atoms with Crippen LogP contribution in [0.25, 0.3) is 0 Å². The quantitative estimate of drug-likeness (QED) is 0.355. The van der Waals surface area contributed by atoms with Crippen LogP contribution in [0.4, 0.5) is 0 Å². The predicted octanol–water partition coefficient (Wildman–Crippen LogP) is 1.89. The molecule has 0 amide bonds. The van der Waals surface area contributed by atoms with Gasteiger partial charge in [0.1, 0.15) is 0 Å². The minimum Gasteiger partial charge on any atom is -0.370 e. The summed E-state index contributed by atoms with van der Waals surface area (Å²) in [5, 5.41) is 0. The van der Waals surface area contributed by atoms with Crippen molar-refractivity contribution in [1.82, 2.24) is 0 Å².